The van der Waals surface area contributed by atoms with Gasteiger partial charge in [-0.25, -0.2) is 0 Å². The van der Waals surface area contributed by atoms with Crippen LogP contribution in [0.25, 0.3) is 10.2 Å². The van der Waals surface area contributed by atoms with E-state index in [9.17, 15) is 18.0 Å². The van der Waals surface area contributed by atoms with E-state index in [1.165, 1.54) is 12.1 Å². The number of nitrogens with zero attached hydrogens (tertiary/aromatic N) is 2. The van der Waals surface area contributed by atoms with E-state index in [4.69, 9.17) is 0 Å². The summed E-state index contributed by atoms with van der Waals surface area (Å²) < 4.78 is 44.5. The molecule has 0 aliphatic heterocycles. The first-order valence-electron chi connectivity index (χ1n) is 4.44. The summed E-state index contributed by atoms with van der Waals surface area (Å²) >= 11 is 0.954. The third kappa shape index (κ3) is 2.90. The van der Waals surface area contributed by atoms with Gasteiger partial charge in [0.15, 0.2) is 5.75 Å². The largest absolute Gasteiger partial charge is 0.425 e. The highest BCUT2D eigenvalue weighted by molar-refractivity contribution is 7.13. The maximum Gasteiger partial charge on any atom is 0.399 e. The standard InChI is InChI=1S/C9H5F3N2O2S/c10-9(11,12)4-7(15)16-6-3-1-2-5-8(6)17-14-13-5/h1-3H,4H2. The van der Waals surface area contributed by atoms with E-state index < -0.39 is 18.6 Å². The molecule has 1 heterocycles. The van der Waals surface area contributed by atoms with Crippen molar-refractivity contribution in [2.75, 3.05) is 0 Å². The van der Waals surface area contributed by atoms with E-state index in [-0.39, 0.29) is 5.75 Å². The van der Waals surface area contributed by atoms with Crippen molar-refractivity contribution < 1.29 is 22.7 Å². The Morgan fingerprint density at radius 1 is 1.41 bits per heavy atom. The van der Waals surface area contributed by atoms with Gasteiger partial charge in [0.05, 0.1) is 0 Å². The molecule has 0 bridgehead atoms. The molecule has 2 rings (SSSR count). The van der Waals surface area contributed by atoms with Crippen LogP contribution >= 0.6 is 11.5 Å². The SMILES string of the molecule is O=C(CC(F)(F)F)Oc1cccc2nnsc12. The van der Waals surface area contributed by atoms with Crippen LogP contribution in [0.3, 0.4) is 0 Å². The van der Waals surface area contributed by atoms with E-state index in [0.717, 1.165) is 11.5 Å². The van der Waals surface area contributed by atoms with Crippen molar-refractivity contribution >= 4 is 27.7 Å². The first-order valence-corrected chi connectivity index (χ1v) is 5.21. The van der Waals surface area contributed by atoms with E-state index in [1.54, 1.807) is 6.07 Å². The lowest BCUT2D eigenvalue weighted by atomic mass is 10.3. The van der Waals surface area contributed by atoms with Gasteiger partial charge in [0.1, 0.15) is 16.6 Å². The highest BCUT2D eigenvalue weighted by atomic mass is 32.1. The minimum absolute atomic E-state index is 0.0479. The molecule has 0 aliphatic carbocycles. The third-order valence-electron chi connectivity index (χ3n) is 1.81. The van der Waals surface area contributed by atoms with Crippen LogP contribution in [-0.4, -0.2) is 21.7 Å². The van der Waals surface area contributed by atoms with Crippen molar-refractivity contribution in [1.29, 1.82) is 0 Å². The van der Waals surface area contributed by atoms with Crippen LogP contribution < -0.4 is 4.74 Å². The average molecular weight is 262 g/mol. The van der Waals surface area contributed by atoms with Crippen LogP contribution in [0, 0.1) is 0 Å². The van der Waals surface area contributed by atoms with Gasteiger partial charge in [-0.3, -0.25) is 4.79 Å². The van der Waals surface area contributed by atoms with Crippen molar-refractivity contribution in [2.24, 2.45) is 0 Å². The summed E-state index contributed by atoms with van der Waals surface area (Å²) in [5.74, 6) is -1.30. The lowest BCUT2D eigenvalue weighted by Crippen LogP contribution is -2.19. The van der Waals surface area contributed by atoms with Crippen LogP contribution in [-0.2, 0) is 4.79 Å². The summed E-state index contributed by atoms with van der Waals surface area (Å²) in [6.07, 6.45) is -6.19. The summed E-state index contributed by atoms with van der Waals surface area (Å²) in [5, 5.41) is 3.72. The van der Waals surface area contributed by atoms with E-state index in [2.05, 4.69) is 14.3 Å². The highest BCUT2D eigenvalue weighted by Gasteiger charge is 2.32. The number of carbonyl (C=O) groups excluding carboxylic acids is 1. The molecule has 0 atom stereocenters. The zero-order valence-electron chi connectivity index (χ0n) is 8.19. The predicted molar refractivity (Wildman–Crippen MR) is 53.7 cm³/mol. The van der Waals surface area contributed by atoms with Gasteiger partial charge in [0.25, 0.3) is 0 Å². The van der Waals surface area contributed by atoms with Crippen LogP contribution in [0.1, 0.15) is 6.42 Å². The minimum atomic E-state index is -4.57. The molecule has 8 heteroatoms. The first kappa shape index (κ1) is 11.8. The quantitative estimate of drug-likeness (QED) is 0.616. The molecule has 0 saturated heterocycles. The van der Waals surface area contributed by atoms with Gasteiger partial charge in [-0.1, -0.05) is 10.6 Å². The number of halogens is 3. The van der Waals surface area contributed by atoms with Crippen molar-refractivity contribution in [2.45, 2.75) is 12.6 Å². The van der Waals surface area contributed by atoms with E-state index in [0.29, 0.717) is 10.2 Å². The molecule has 0 amide bonds. The predicted octanol–water partition coefficient (Wildman–Crippen LogP) is 2.55. The van der Waals surface area contributed by atoms with Gasteiger partial charge in [-0.2, -0.15) is 13.2 Å². The van der Waals surface area contributed by atoms with Crippen molar-refractivity contribution in [3.8, 4) is 5.75 Å². The smallest absolute Gasteiger partial charge is 0.399 e. The van der Waals surface area contributed by atoms with Gasteiger partial charge >= 0.3 is 12.1 Å². The molecule has 2 aromatic rings. The number of alkyl halides is 3. The van der Waals surface area contributed by atoms with E-state index >= 15 is 0 Å². The zero-order valence-corrected chi connectivity index (χ0v) is 9.01. The van der Waals surface area contributed by atoms with Gasteiger partial charge < -0.3 is 4.74 Å². The Morgan fingerprint density at radius 2 is 2.18 bits per heavy atom. The summed E-state index contributed by atoms with van der Waals surface area (Å²) in [4.78, 5) is 11.0. The summed E-state index contributed by atoms with van der Waals surface area (Å²) in [7, 11) is 0. The maximum atomic E-state index is 11.9. The number of hydrogen-bond donors (Lipinski definition) is 0. The normalized spacial score (nSPS) is 11.7. The Bertz CT molecular complexity index is 552. The Balaban J connectivity index is 2.18. The molecule has 0 N–H and O–H groups in total. The third-order valence-corrected chi connectivity index (χ3v) is 2.56. The van der Waals surface area contributed by atoms with Gasteiger partial charge in [-0.05, 0) is 23.7 Å². The first-order chi connectivity index (χ1) is 7.96. The Morgan fingerprint density at radius 3 is 2.88 bits per heavy atom. The molecule has 0 saturated carbocycles. The molecule has 0 aliphatic rings. The lowest BCUT2D eigenvalue weighted by molar-refractivity contribution is -0.163. The van der Waals surface area contributed by atoms with Crippen LogP contribution in [0.15, 0.2) is 18.2 Å². The molecule has 17 heavy (non-hydrogen) atoms. The molecule has 0 radical (unpaired) electrons. The fourth-order valence-corrected chi connectivity index (χ4v) is 1.80. The van der Waals surface area contributed by atoms with Gasteiger partial charge in [-0.15, -0.1) is 5.10 Å². The number of aromatic nitrogens is 2. The van der Waals surface area contributed by atoms with Crippen LogP contribution in [0.5, 0.6) is 5.75 Å². The molecule has 1 aromatic carbocycles. The topological polar surface area (TPSA) is 52.1 Å². The molecule has 0 fully saturated rings. The molecular formula is C9H5F3N2O2S. The highest BCUT2D eigenvalue weighted by Crippen LogP contribution is 2.28. The lowest BCUT2D eigenvalue weighted by Gasteiger charge is -2.06. The zero-order chi connectivity index (χ0) is 12.5. The number of esters is 1. The number of carbonyl (C=O) groups is 1. The average Bonchev–Trinajstić information content (AvgIpc) is 2.63. The number of fused-ring (bicyclic) bond motifs is 1. The molecule has 1 aromatic heterocycles. The van der Waals surface area contributed by atoms with Crippen molar-refractivity contribution in [3.63, 3.8) is 0 Å². The summed E-state index contributed by atoms with van der Waals surface area (Å²) in [5.41, 5.74) is 0.479. The summed E-state index contributed by atoms with van der Waals surface area (Å²) in [6.45, 7) is 0. The monoisotopic (exact) mass is 262 g/mol. The Kier molecular flexibility index (Phi) is 2.97. The second-order valence-electron chi connectivity index (χ2n) is 3.14. The van der Waals surface area contributed by atoms with Crippen molar-refractivity contribution in [3.05, 3.63) is 18.2 Å². The van der Waals surface area contributed by atoms with Crippen LogP contribution in [0.2, 0.25) is 0 Å². The Labute approximate surface area is 97.2 Å². The fraction of sp³-hybridized carbons (Fsp3) is 0.222. The van der Waals surface area contributed by atoms with Crippen LogP contribution in [0.4, 0.5) is 13.2 Å². The summed E-state index contributed by atoms with van der Waals surface area (Å²) in [6, 6.07) is 4.55. The molecule has 0 spiro atoms. The second-order valence-corrected chi connectivity index (χ2v) is 3.90. The van der Waals surface area contributed by atoms with Gasteiger partial charge in [0.2, 0.25) is 0 Å². The van der Waals surface area contributed by atoms with Gasteiger partial charge in [0, 0.05) is 0 Å². The second kappa shape index (κ2) is 4.28. The van der Waals surface area contributed by atoms with Crippen molar-refractivity contribution in [1.82, 2.24) is 9.59 Å². The number of ether oxygens (including phenoxy) is 1. The molecular weight excluding hydrogens is 257 g/mol. The number of benzene rings is 1. The minimum Gasteiger partial charge on any atom is -0.425 e. The molecule has 90 valence electrons. The van der Waals surface area contributed by atoms with E-state index in [1.807, 2.05) is 0 Å². The number of hydrogen-bond acceptors (Lipinski definition) is 5. The Hall–Kier alpha value is -1.70. The maximum absolute atomic E-state index is 11.9. The fourth-order valence-electron chi connectivity index (χ4n) is 1.18. The molecule has 0 unspecified atom stereocenters. The number of rotatable bonds is 2. The molecule has 4 nitrogen and oxygen atoms in total.